The van der Waals surface area contributed by atoms with Gasteiger partial charge in [-0.05, 0) is 46.5 Å². The van der Waals surface area contributed by atoms with Gasteiger partial charge in [0, 0.05) is 37.8 Å². The highest BCUT2D eigenvalue weighted by molar-refractivity contribution is 6.12. The van der Waals surface area contributed by atoms with Gasteiger partial charge in [0.25, 0.3) is 0 Å². The molecule has 0 N–H and O–H groups in total. The average Bonchev–Trinajstić information content (AvgIpc) is 3.08. The Hall–Kier alpha value is -4.64. The number of rotatable bonds is 6. The molecule has 0 spiro atoms. The number of nitrogens with zero attached hydrogens (tertiary/aromatic N) is 2. The van der Waals surface area contributed by atoms with Gasteiger partial charge in [-0.15, -0.1) is 0 Å². The van der Waals surface area contributed by atoms with Crippen LogP contribution in [0.25, 0.3) is 44.1 Å². The Balaban J connectivity index is 1.61. The Labute approximate surface area is 246 Å². The molecule has 0 fully saturated rings. The molecule has 2 atom stereocenters. The van der Waals surface area contributed by atoms with E-state index in [1.165, 1.54) is 0 Å². The summed E-state index contributed by atoms with van der Waals surface area (Å²) in [6, 6.07) is 29.7. The molecule has 3 aromatic carbocycles. The Morgan fingerprint density at radius 2 is 0.976 bits per heavy atom. The lowest BCUT2D eigenvalue weighted by molar-refractivity contribution is 0.0270. The maximum atomic E-state index is 6.20. The second-order valence-corrected chi connectivity index (χ2v) is 10.9. The first-order chi connectivity index (χ1) is 20.7. The summed E-state index contributed by atoms with van der Waals surface area (Å²) in [7, 11) is 3.52. The van der Waals surface area contributed by atoms with E-state index in [0.717, 1.165) is 55.4 Å². The monoisotopic (exact) mass is 548 g/mol. The van der Waals surface area contributed by atoms with E-state index in [2.05, 4.69) is 109 Å². The molecule has 2 heterocycles. The molecule has 2 aliphatic rings. The van der Waals surface area contributed by atoms with Crippen LogP contribution < -0.4 is 0 Å². The number of ether oxygens (including phenoxy) is 2. The molecule has 4 heteroatoms. The van der Waals surface area contributed by atoms with E-state index >= 15 is 0 Å². The molecule has 2 aromatic heterocycles. The smallest absolute Gasteiger partial charge is 0.131 e. The Kier molecular flexibility index (Phi) is 6.66. The van der Waals surface area contributed by atoms with E-state index < -0.39 is 11.2 Å². The second kappa shape index (κ2) is 10.6. The quantitative estimate of drug-likeness (QED) is 0.199. The third-order valence-electron chi connectivity index (χ3n) is 8.59. The van der Waals surface area contributed by atoms with Crippen molar-refractivity contribution in [3.63, 3.8) is 0 Å². The minimum absolute atomic E-state index is 0.667. The number of methoxy groups -OCH3 is 2. The van der Waals surface area contributed by atoms with Gasteiger partial charge in [0.05, 0.1) is 22.4 Å². The summed E-state index contributed by atoms with van der Waals surface area (Å²) in [4.78, 5) is 10.8. The average molecular weight is 549 g/mol. The van der Waals surface area contributed by atoms with E-state index in [4.69, 9.17) is 19.4 Å². The van der Waals surface area contributed by atoms with Crippen LogP contribution in [-0.2, 0) is 20.7 Å². The molecular weight excluding hydrogens is 516 g/mol. The van der Waals surface area contributed by atoms with Crippen LogP contribution in [0.15, 0.2) is 134 Å². The van der Waals surface area contributed by atoms with Gasteiger partial charge in [0.1, 0.15) is 11.2 Å². The van der Waals surface area contributed by atoms with Crippen molar-refractivity contribution in [2.75, 3.05) is 14.2 Å². The van der Waals surface area contributed by atoms with Crippen LogP contribution in [0.2, 0.25) is 0 Å². The van der Waals surface area contributed by atoms with Crippen molar-refractivity contribution in [2.45, 2.75) is 24.0 Å². The largest absolute Gasteiger partial charge is 0.367 e. The number of pyridine rings is 2. The van der Waals surface area contributed by atoms with Crippen molar-refractivity contribution in [2.24, 2.45) is 0 Å². The zero-order valence-electron chi connectivity index (χ0n) is 23.8. The van der Waals surface area contributed by atoms with Gasteiger partial charge in [-0.25, -0.2) is 9.97 Å². The lowest BCUT2D eigenvalue weighted by Crippen LogP contribution is -2.28. The summed E-state index contributed by atoms with van der Waals surface area (Å²) in [6.07, 6.45) is 18.1. The van der Waals surface area contributed by atoms with Gasteiger partial charge in [-0.2, -0.15) is 0 Å². The van der Waals surface area contributed by atoms with Crippen LogP contribution in [0.5, 0.6) is 0 Å². The molecule has 2 unspecified atom stereocenters. The van der Waals surface area contributed by atoms with Gasteiger partial charge < -0.3 is 9.47 Å². The fraction of sp³-hybridized carbons (Fsp3) is 0.158. The number of hydrogen-bond donors (Lipinski definition) is 0. The summed E-state index contributed by atoms with van der Waals surface area (Å²) in [6.45, 7) is 0. The zero-order valence-corrected chi connectivity index (χ0v) is 23.8. The van der Waals surface area contributed by atoms with Crippen LogP contribution in [0.4, 0.5) is 0 Å². The number of aromatic nitrogens is 2. The van der Waals surface area contributed by atoms with Gasteiger partial charge in [-0.1, -0.05) is 109 Å². The lowest BCUT2D eigenvalue weighted by atomic mass is 9.86. The summed E-state index contributed by atoms with van der Waals surface area (Å²) >= 11 is 0. The molecule has 0 radical (unpaired) electrons. The second-order valence-electron chi connectivity index (χ2n) is 10.9. The number of allylic oxidation sites excluding steroid dienone is 4. The van der Waals surface area contributed by atoms with E-state index in [1.54, 1.807) is 14.2 Å². The van der Waals surface area contributed by atoms with E-state index in [1.807, 2.05) is 24.3 Å². The van der Waals surface area contributed by atoms with Crippen LogP contribution >= 0.6 is 0 Å². The van der Waals surface area contributed by atoms with Gasteiger partial charge in [0.2, 0.25) is 0 Å². The Bertz CT molecular complexity index is 1770. The van der Waals surface area contributed by atoms with Crippen LogP contribution in [0, 0.1) is 0 Å². The van der Waals surface area contributed by atoms with E-state index in [0.29, 0.717) is 12.8 Å². The minimum Gasteiger partial charge on any atom is -0.367 e. The minimum atomic E-state index is -0.667. The first-order valence-corrected chi connectivity index (χ1v) is 14.4. The van der Waals surface area contributed by atoms with Crippen molar-refractivity contribution in [1.29, 1.82) is 0 Å². The first kappa shape index (κ1) is 26.3. The maximum absolute atomic E-state index is 6.20. The van der Waals surface area contributed by atoms with Crippen LogP contribution in [-0.4, -0.2) is 24.2 Å². The van der Waals surface area contributed by atoms with E-state index in [9.17, 15) is 0 Å². The van der Waals surface area contributed by atoms with Crippen molar-refractivity contribution in [1.82, 2.24) is 9.97 Å². The summed E-state index contributed by atoms with van der Waals surface area (Å²) < 4.78 is 12.4. The zero-order chi connectivity index (χ0) is 28.6. The van der Waals surface area contributed by atoms with Crippen LogP contribution in [0.3, 0.4) is 0 Å². The molecule has 0 bridgehead atoms. The third-order valence-corrected chi connectivity index (χ3v) is 8.59. The van der Waals surface area contributed by atoms with Crippen LogP contribution in [0.1, 0.15) is 24.2 Å². The highest BCUT2D eigenvalue weighted by atomic mass is 16.5. The summed E-state index contributed by atoms with van der Waals surface area (Å²) in [5.74, 6) is 0. The molecular formula is C38H32N2O2. The van der Waals surface area contributed by atoms with Gasteiger partial charge >= 0.3 is 0 Å². The molecule has 5 aromatic rings. The number of benzene rings is 3. The highest BCUT2D eigenvalue weighted by Gasteiger charge is 2.34. The summed E-state index contributed by atoms with van der Waals surface area (Å²) in [5, 5.41) is 2.10. The molecule has 206 valence electrons. The third kappa shape index (κ3) is 4.32. The number of hydrogen-bond acceptors (Lipinski definition) is 4. The molecule has 0 saturated heterocycles. The molecule has 7 rings (SSSR count). The lowest BCUT2D eigenvalue weighted by Gasteiger charge is -2.31. The first-order valence-electron chi connectivity index (χ1n) is 14.4. The Morgan fingerprint density at radius 3 is 1.33 bits per heavy atom. The fourth-order valence-electron chi connectivity index (χ4n) is 6.21. The molecule has 2 aliphatic carbocycles. The molecule has 4 nitrogen and oxygen atoms in total. The normalized spacial score (nSPS) is 21.4. The Morgan fingerprint density at radius 1 is 0.548 bits per heavy atom. The van der Waals surface area contributed by atoms with Gasteiger partial charge in [0.15, 0.2) is 0 Å². The predicted molar refractivity (Wildman–Crippen MR) is 171 cm³/mol. The van der Waals surface area contributed by atoms with Crippen molar-refractivity contribution in [3.8, 4) is 22.3 Å². The maximum Gasteiger partial charge on any atom is 0.131 e. The fourth-order valence-corrected chi connectivity index (χ4v) is 6.21. The SMILES string of the molecule is COC1(c2cc(-c3ccccc3)c3ccc4c(-c5ccccc5)cc(C5(OC)C=CC=CC5)nc4c3n2)C=CC=CC1. The molecule has 0 amide bonds. The molecule has 0 aliphatic heterocycles. The molecule has 42 heavy (non-hydrogen) atoms. The topological polar surface area (TPSA) is 44.2 Å². The number of fused-ring (bicyclic) bond motifs is 3. The molecule has 0 saturated carbocycles. The summed E-state index contributed by atoms with van der Waals surface area (Å²) in [5.41, 5.74) is 6.55. The van der Waals surface area contributed by atoms with Crippen molar-refractivity contribution < 1.29 is 9.47 Å². The standard InChI is InChI=1S/C38H32N2O2/c1-41-37(21-11-5-12-22-37)33-25-31(27-15-7-3-8-16-27)29-19-20-30-32(28-17-9-4-10-18-28)26-34(40-36(30)35(29)39-33)38(42-2)23-13-6-14-24-38/h3-21,23,25-26H,22,24H2,1-2H3. The van der Waals surface area contributed by atoms with Crippen molar-refractivity contribution in [3.05, 3.63) is 145 Å². The highest BCUT2D eigenvalue weighted by Crippen LogP contribution is 2.42. The predicted octanol–water partition coefficient (Wildman–Crippen LogP) is 8.83. The van der Waals surface area contributed by atoms with Crippen molar-refractivity contribution >= 4 is 21.8 Å². The van der Waals surface area contributed by atoms with Gasteiger partial charge in [-0.3, -0.25) is 0 Å². The van der Waals surface area contributed by atoms with E-state index in [-0.39, 0.29) is 0 Å².